The first kappa shape index (κ1) is 19.5. The second-order valence-corrected chi connectivity index (χ2v) is 8.58. The van der Waals surface area contributed by atoms with E-state index in [1.54, 1.807) is 13.8 Å². The summed E-state index contributed by atoms with van der Waals surface area (Å²) >= 11 is 0. The monoisotopic (exact) mass is 393 g/mol. The van der Waals surface area contributed by atoms with Crippen molar-refractivity contribution >= 4 is 22.5 Å². The zero-order chi connectivity index (χ0) is 20.6. The van der Waals surface area contributed by atoms with E-state index in [0.717, 1.165) is 29.7 Å². The molecule has 3 aromatic rings. The lowest BCUT2D eigenvalue weighted by Crippen LogP contribution is -2.21. The molecule has 4 rings (SSSR count). The fourth-order valence-electron chi connectivity index (χ4n) is 4.00. The van der Waals surface area contributed by atoms with Gasteiger partial charge in [0, 0.05) is 35.2 Å². The van der Waals surface area contributed by atoms with Crippen molar-refractivity contribution in [2.24, 2.45) is 5.92 Å². The molecule has 0 unspecified atom stereocenters. The van der Waals surface area contributed by atoms with Gasteiger partial charge >= 0.3 is 0 Å². The van der Waals surface area contributed by atoms with Crippen LogP contribution in [0.15, 0.2) is 36.9 Å². The molecule has 2 aromatic heterocycles. The summed E-state index contributed by atoms with van der Waals surface area (Å²) in [5.41, 5.74) is 1.07. The van der Waals surface area contributed by atoms with E-state index < -0.39 is 5.60 Å². The van der Waals surface area contributed by atoms with Gasteiger partial charge in [0.15, 0.2) is 0 Å². The third-order valence-electron chi connectivity index (χ3n) is 5.72. The van der Waals surface area contributed by atoms with Crippen molar-refractivity contribution in [1.29, 1.82) is 0 Å². The SMILES string of the molecule is CC1CCC(n2cc3cc(NC(=O)c4cnccn4)c(C(C)(C)O)cc3n2)CC1. The van der Waals surface area contributed by atoms with Gasteiger partial charge in [-0.15, -0.1) is 0 Å². The number of fused-ring (bicyclic) bond motifs is 1. The third kappa shape index (κ3) is 4.15. The molecule has 0 spiro atoms. The lowest BCUT2D eigenvalue weighted by Gasteiger charge is -2.26. The van der Waals surface area contributed by atoms with E-state index in [4.69, 9.17) is 5.10 Å². The van der Waals surface area contributed by atoms with E-state index in [1.165, 1.54) is 31.4 Å². The average Bonchev–Trinajstić information content (AvgIpc) is 3.11. The minimum absolute atomic E-state index is 0.223. The molecule has 1 fully saturated rings. The quantitative estimate of drug-likeness (QED) is 0.697. The Bertz CT molecular complexity index is 1010. The van der Waals surface area contributed by atoms with Crippen molar-refractivity contribution < 1.29 is 9.90 Å². The Morgan fingerprint density at radius 3 is 2.62 bits per heavy atom. The van der Waals surface area contributed by atoms with E-state index in [-0.39, 0.29) is 11.6 Å². The number of nitrogens with one attached hydrogen (secondary N) is 1. The second kappa shape index (κ2) is 7.55. The summed E-state index contributed by atoms with van der Waals surface area (Å²) in [6.45, 7) is 5.70. The molecule has 1 saturated carbocycles. The van der Waals surface area contributed by atoms with Crippen LogP contribution in [0.2, 0.25) is 0 Å². The summed E-state index contributed by atoms with van der Waals surface area (Å²) in [5, 5.41) is 19.3. The molecule has 0 saturated heterocycles. The van der Waals surface area contributed by atoms with Crippen LogP contribution < -0.4 is 5.32 Å². The van der Waals surface area contributed by atoms with Gasteiger partial charge in [-0.2, -0.15) is 5.10 Å². The highest BCUT2D eigenvalue weighted by Crippen LogP contribution is 2.35. The number of carbonyl (C=O) groups is 1. The number of aliphatic hydroxyl groups is 1. The number of benzene rings is 1. The van der Waals surface area contributed by atoms with Gasteiger partial charge < -0.3 is 10.4 Å². The molecule has 0 bridgehead atoms. The van der Waals surface area contributed by atoms with Gasteiger partial charge in [-0.05, 0) is 57.6 Å². The predicted molar refractivity (Wildman–Crippen MR) is 112 cm³/mol. The molecule has 1 amide bonds. The van der Waals surface area contributed by atoms with Crippen molar-refractivity contribution in [2.75, 3.05) is 5.32 Å². The zero-order valence-corrected chi connectivity index (χ0v) is 17.1. The maximum atomic E-state index is 12.6. The molecule has 2 heterocycles. The Balaban J connectivity index is 1.69. The molecule has 29 heavy (non-hydrogen) atoms. The van der Waals surface area contributed by atoms with Crippen molar-refractivity contribution in [3.05, 3.63) is 48.2 Å². The smallest absolute Gasteiger partial charge is 0.275 e. The summed E-state index contributed by atoms with van der Waals surface area (Å²) in [7, 11) is 0. The summed E-state index contributed by atoms with van der Waals surface area (Å²) in [6, 6.07) is 4.15. The second-order valence-electron chi connectivity index (χ2n) is 8.58. The Morgan fingerprint density at radius 1 is 1.21 bits per heavy atom. The van der Waals surface area contributed by atoms with Crippen LogP contribution in [0.25, 0.3) is 10.9 Å². The molecule has 0 radical (unpaired) electrons. The highest BCUT2D eigenvalue weighted by atomic mass is 16.3. The number of hydrogen-bond acceptors (Lipinski definition) is 5. The first-order chi connectivity index (χ1) is 13.8. The molecule has 7 heteroatoms. The molecule has 152 valence electrons. The standard InChI is InChI=1S/C22H27N5O2/c1-14-4-6-16(7-5-14)27-13-15-10-19(17(22(2,3)29)11-18(15)26-27)25-21(28)20-12-23-8-9-24-20/h8-14,16,29H,4-7H2,1-3H3,(H,25,28). The fourth-order valence-corrected chi connectivity index (χ4v) is 4.00. The normalized spacial score (nSPS) is 20.0. The van der Waals surface area contributed by atoms with Gasteiger partial charge in [0.05, 0.1) is 23.4 Å². The number of anilines is 1. The van der Waals surface area contributed by atoms with Crippen molar-refractivity contribution in [3.8, 4) is 0 Å². The summed E-state index contributed by atoms with van der Waals surface area (Å²) < 4.78 is 2.05. The fraction of sp³-hybridized carbons (Fsp3) is 0.455. The summed E-state index contributed by atoms with van der Waals surface area (Å²) in [4.78, 5) is 20.6. The number of carbonyl (C=O) groups excluding carboxylic acids is 1. The predicted octanol–water partition coefficient (Wildman–Crippen LogP) is 4.06. The Morgan fingerprint density at radius 2 is 1.97 bits per heavy atom. The zero-order valence-electron chi connectivity index (χ0n) is 17.1. The summed E-state index contributed by atoms with van der Waals surface area (Å²) in [6.07, 6.45) is 11.1. The van der Waals surface area contributed by atoms with Gasteiger partial charge in [0.2, 0.25) is 0 Å². The number of rotatable bonds is 4. The average molecular weight is 393 g/mol. The topological polar surface area (TPSA) is 92.9 Å². The minimum Gasteiger partial charge on any atom is -0.386 e. The molecular weight excluding hydrogens is 366 g/mol. The lowest BCUT2D eigenvalue weighted by atomic mass is 9.87. The molecule has 1 aliphatic carbocycles. The number of hydrogen-bond donors (Lipinski definition) is 2. The van der Waals surface area contributed by atoms with E-state index >= 15 is 0 Å². The van der Waals surface area contributed by atoms with Crippen molar-refractivity contribution in [3.63, 3.8) is 0 Å². The Kier molecular flexibility index (Phi) is 5.08. The maximum Gasteiger partial charge on any atom is 0.275 e. The van der Waals surface area contributed by atoms with Crippen molar-refractivity contribution in [2.45, 2.75) is 58.1 Å². The van der Waals surface area contributed by atoms with Gasteiger partial charge in [-0.1, -0.05) is 6.92 Å². The molecule has 1 aromatic carbocycles. The largest absolute Gasteiger partial charge is 0.386 e. The molecule has 0 aliphatic heterocycles. The van der Waals surface area contributed by atoms with Crippen LogP contribution in [-0.2, 0) is 5.60 Å². The minimum atomic E-state index is -1.14. The van der Waals surface area contributed by atoms with Crippen molar-refractivity contribution in [1.82, 2.24) is 19.7 Å². The van der Waals surface area contributed by atoms with Gasteiger partial charge in [-0.25, -0.2) is 4.98 Å². The molecule has 2 N–H and O–H groups in total. The number of aromatic nitrogens is 4. The first-order valence-electron chi connectivity index (χ1n) is 10.1. The number of nitrogens with zero attached hydrogens (tertiary/aromatic N) is 4. The highest BCUT2D eigenvalue weighted by molar-refractivity contribution is 6.04. The van der Waals surface area contributed by atoms with Crippen LogP contribution in [-0.4, -0.2) is 30.8 Å². The first-order valence-corrected chi connectivity index (χ1v) is 10.1. The van der Waals surface area contributed by atoms with Crippen LogP contribution in [0.5, 0.6) is 0 Å². The van der Waals surface area contributed by atoms with Gasteiger partial charge in [-0.3, -0.25) is 14.5 Å². The van der Waals surface area contributed by atoms with E-state index in [0.29, 0.717) is 17.3 Å². The van der Waals surface area contributed by atoms with Crippen LogP contribution in [0.1, 0.15) is 68.5 Å². The third-order valence-corrected chi connectivity index (χ3v) is 5.72. The van der Waals surface area contributed by atoms with Crippen LogP contribution in [0.3, 0.4) is 0 Å². The highest BCUT2D eigenvalue weighted by Gasteiger charge is 2.25. The molecule has 7 nitrogen and oxygen atoms in total. The molecular formula is C22H27N5O2. The molecule has 1 aliphatic rings. The van der Waals surface area contributed by atoms with Gasteiger partial charge in [0.1, 0.15) is 5.69 Å². The number of amides is 1. The summed E-state index contributed by atoms with van der Waals surface area (Å²) in [5.74, 6) is 0.414. The van der Waals surface area contributed by atoms with E-state index in [1.807, 2.05) is 18.3 Å². The Labute approximate surface area is 170 Å². The van der Waals surface area contributed by atoms with E-state index in [2.05, 4.69) is 26.9 Å². The molecule has 0 atom stereocenters. The Hall–Kier alpha value is -2.80. The maximum absolute atomic E-state index is 12.6. The van der Waals surface area contributed by atoms with E-state index in [9.17, 15) is 9.90 Å². The van der Waals surface area contributed by atoms with Gasteiger partial charge in [0.25, 0.3) is 5.91 Å². The van der Waals surface area contributed by atoms with Crippen LogP contribution >= 0.6 is 0 Å². The van der Waals surface area contributed by atoms with Crippen LogP contribution in [0, 0.1) is 5.92 Å². The lowest BCUT2D eigenvalue weighted by molar-refractivity contribution is 0.0793. The van der Waals surface area contributed by atoms with Crippen LogP contribution in [0.4, 0.5) is 5.69 Å².